The minimum absolute atomic E-state index is 0.00646. The molecule has 101 heavy (non-hydrogen) atoms. The van der Waals surface area contributed by atoms with Gasteiger partial charge < -0.3 is 49.4 Å². The zero-order valence-corrected chi connectivity index (χ0v) is 63.8. The number of anilines is 4. The van der Waals surface area contributed by atoms with E-state index in [0.29, 0.717) is 27.8 Å². The number of aliphatic hydroxyl groups is 2. The van der Waals surface area contributed by atoms with Crippen molar-refractivity contribution in [2.24, 2.45) is 0 Å². The van der Waals surface area contributed by atoms with Crippen molar-refractivity contribution >= 4 is 98.8 Å². The molecule has 0 radical (unpaired) electrons. The summed E-state index contributed by atoms with van der Waals surface area (Å²) >= 11 is 20.0. The van der Waals surface area contributed by atoms with E-state index in [-0.39, 0.29) is 36.3 Å². The van der Waals surface area contributed by atoms with Crippen LogP contribution in [0.5, 0.6) is 0 Å². The maximum atomic E-state index is 13.3. The molecule has 2 fully saturated rings. The Morgan fingerprint density at radius 1 is 0.436 bits per heavy atom. The van der Waals surface area contributed by atoms with E-state index in [1.807, 2.05) is 71.7 Å². The molecule has 2 saturated heterocycles. The monoisotopic (exact) mass is 1490 g/mol. The molecule has 8 atom stereocenters. The third-order valence-corrected chi connectivity index (χ3v) is 25.7. The molecular formula is C79H101Cl2F3N10O3S4. The number of ketones is 1. The number of para-hydroxylation sites is 4. The highest BCUT2D eigenvalue weighted by atomic mass is 35.5. The van der Waals surface area contributed by atoms with Crippen LogP contribution in [0.3, 0.4) is 0 Å². The number of allylic oxidation sites excluding steroid dienone is 8. The Morgan fingerprint density at radius 3 is 1.08 bits per heavy atom. The first-order valence-electron chi connectivity index (χ1n) is 35.9. The van der Waals surface area contributed by atoms with Crippen molar-refractivity contribution in [3.8, 4) is 0 Å². The smallest absolute Gasteiger partial charge is 0.395 e. The molecule has 0 aromatic heterocycles. The van der Waals surface area contributed by atoms with E-state index in [0.717, 1.165) is 170 Å². The lowest BCUT2D eigenvalue weighted by Gasteiger charge is -2.43. The quantitative estimate of drug-likeness (QED) is 0.0829. The number of alkyl halides is 3. The molecule has 4 aliphatic carbocycles. The highest BCUT2D eigenvalue weighted by Crippen LogP contribution is 2.49. The van der Waals surface area contributed by atoms with Crippen LogP contribution in [0.25, 0.3) is 0 Å². The van der Waals surface area contributed by atoms with Gasteiger partial charge in [0.1, 0.15) is 0 Å². The van der Waals surface area contributed by atoms with Crippen LogP contribution >= 0.6 is 70.2 Å². The number of Topliss-reactive ketones (excluding diaryl/α,β-unsaturated/α-hetero) is 1. The molecule has 0 spiro atoms. The second kappa shape index (κ2) is 37.4. The Morgan fingerprint density at radius 2 is 0.743 bits per heavy atom. The van der Waals surface area contributed by atoms with Gasteiger partial charge in [0.15, 0.2) is 5.78 Å². The standard InChI is InChI=1S/C22H28F3N3OS.C21H28ClN3OS.C19H24N2OS.C17H21ClN2S/c23-22(24,25)17-6-7-21-19(16-17)28(18-4-1-2-5-20(18)30-21)9-3-8-26-10-12-27(13-11-26)14-15-29;22-17-6-7-21-19(16-17)25(18-4-1-2-5-20(18)27-21)9-3-8-23-10-12-24(13-11-23)14-15-26;1-14(22)15-9-10-19-17(13-15)21(12-6-11-20(2)3)16-7-4-5-8-18(16)23-19;1-19(2)10-5-11-20-14-6-3-4-7-16(14)21-17-9-8-13(18)12-15(17)20/h1-2,4-7,16,19,21,29H,3,8-15H2;1-2,4-7,16,19,21,26H,3,8-15H2;4-5,7-10,13,17,19H,6,11-12H2,1-3H3;3-4,6-9,12,15,17H,5,10-11H2,1-2H3. The summed E-state index contributed by atoms with van der Waals surface area (Å²) in [5, 5.41) is 21.1. The number of benzene rings is 4. The maximum absolute atomic E-state index is 13.3. The number of halogens is 5. The van der Waals surface area contributed by atoms with Crippen molar-refractivity contribution in [2.75, 3.05) is 179 Å². The lowest BCUT2D eigenvalue weighted by atomic mass is 9.97. The summed E-state index contributed by atoms with van der Waals surface area (Å²) in [7, 11) is 8.48. The second-order valence-electron chi connectivity index (χ2n) is 27.6. The van der Waals surface area contributed by atoms with E-state index in [1.165, 1.54) is 43.9 Å². The largest absolute Gasteiger partial charge is 0.416 e. The molecule has 4 aromatic rings. The van der Waals surface area contributed by atoms with Gasteiger partial charge in [0.2, 0.25) is 0 Å². The van der Waals surface area contributed by atoms with Crippen molar-refractivity contribution in [1.82, 2.24) is 29.4 Å². The average Bonchev–Trinajstić information content (AvgIpc) is 0.794. The van der Waals surface area contributed by atoms with Gasteiger partial charge in [-0.15, -0.1) is 47.0 Å². The number of hydrogen-bond donors (Lipinski definition) is 2. The molecule has 544 valence electrons. The van der Waals surface area contributed by atoms with Crippen LogP contribution < -0.4 is 19.6 Å². The summed E-state index contributed by atoms with van der Waals surface area (Å²) in [6.45, 7) is 19.9. The van der Waals surface area contributed by atoms with E-state index in [1.54, 1.807) is 24.8 Å². The number of piperazine rings is 2. The summed E-state index contributed by atoms with van der Waals surface area (Å²) in [6.07, 6.45) is 23.7. The SMILES string of the molecule is CC(=O)C1=CC2C(C=C1)Sc1ccccc1N2CCCN(C)C.CN(C)CCCN1c2ccccc2SC2C=CC(Cl)=CC21.OCCN1CCN(CCCN2c3ccccc3SC3C=CC(C(F)(F)F)=CC32)CC1.OCCN1CCN(CCCN2c3ccccc3SC3C=CC(Cl)=CC32)CC1. The molecule has 0 bridgehead atoms. The Labute approximate surface area is 625 Å². The number of hydrogen-bond acceptors (Lipinski definition) is 17. The number of nitrogens with zero attached hydrogens (tertiary/aromatic N) is 10. The van der Waals surface area contributed by atoms with Gasteiger partial charge in [0, 0.05) is 127 Å². The van der Waals surface area contributed by atoms with Crippen LogP contribution in [0.15, 0.2) is 211 Å². The van der Waals surface area contributed by atoms with E-state index >= 15 is 0 Å². The van der Waals surface area contributed by atoms with Gasteiger partial charge in [0.25, 0.3) is 0 Å². The zero-order valence-electron chi connectivity index (χ0n) is 59.1. The minimum atomic E-state index is -4.32. The van der Waals surface area contributed by atoms with Crippen LogP contribution in [0.2, 0.25) is 0 Å². The highest BCUT2D eigenvalue weighted by Gasteiger charge is 2.41. The molecule has 13 nitrogen and oxygen atoms in total. The molecule has 14 rings (SSSR count). The number of thioether (sulfide) groups is 4. The number of carbonyl (C=O) groups is 1. The van der Waals surface area contributed by atoms with Crippen molar-refractivity contribution in [1.29, 1.82) is 0 Å². The molecular weight excluding hydrogens is 1390 g/mol. The van der Waals surface area contributed by atoms with Crippen molar-refractivity contribution in [3.05, 3.63) is 191 Å². The molecule has 6 aliphatic heterocycles. The lowest BCUT2D eigenvalue weighted by molar-refractivity contribution is -0.113. The maximum Gasteiger partial charge on any atom is 0.416 e. The van der Waals surface area contributed by atoms with E-state index in [9.17, 15) is 18.0 Å². The van der Waals surface area contributed by atoms with Crippen molar-refractivity contribution < 1.29 is 28.2 Å². The van der Waals surface area contributed by atoms with E-state index < -0.39 is 11.7 Å². The van der Waals surface area contributed by atoms with Crippen LogP contribution in [0.1, 0.15) is 32.6 Å². The van der Waals surface area contributed by atoms with Crippen molar-refractivity contribution in [3.63, 3.8) is 0 Å². The van der Waals surface area contributed by atoms with Crippen LogP contribution in [0, 0.1) is 0 Å². The normalized spacial score (nSPS) is 24.5. The predicted octanol–water partition coefficient (Wildman–Crippen LogP) is 13.8. The van der Waals surface area contributed by atoms with E-state index in [4.69, 9.17) is 33.4 Å². The lowest BCUT2D eigenvalue weighted by Crippen LogP contribution is -2.49. The summed E-state index contributed by atoms with van der Waals surface area (Å²) < 4.78 is 40.0. The predicted molar refractivity (Wildman–Crippen MR) is 422 cm³/mol. The molecule has 6 heterocycles. The summed E-state index contributed by atoms with van der Waals surface area (Å²) in [5.41, 5.74) is 5.31. The van der Waals surface area contributed by atoms with Crippen LogP contribution in [-0.4, -0.2) is 256 Å². The Balaban J connectivity index is 0.000000137. The van der Waals surface area contributed by atoms with Gasteiger partial charge in [-0.2, -0.15) is 13.2 Å². The van der Waals surface area contributed by atoms with Crippen LogP contribution in [0.4, 0.5) is 35.9 Å². The average molecular weight is 1490 g/mol. The zero-order chi connectivity index (χ0) is 71.0. The first-order chi connectivity index (χ1) is 48.9. The van der Waals surface area contributed by atoms with Crippen LogP contribution in [-0.2, 0) is 4.79 Å². The molecule has 22 heteroatoms. The topological polar surface area (TPSA) is 89.9 Å². The third-order valence-electron chi connectivity index (χ3n) is 20.0. The minimum Gasteiger partial charge on any atom is -0.395 e. The first-order valence-corrected chi connectivity index (χ1v) is 40.2. The van der Waals surface area contributed by atoms with Gasteiger partial charge in [-0.05, 0) is 172 Å². The molecule has 0 amide bonds. The Kier molecular flexibility index (Phi) is 28.6. The summed E-state index contributed by atoms with van der Waals surface area (Å²) in [6, 6.07) is 34.8. The molecule has 0 saturated carbocycles. The fourth-order valence-corrected chi connectivity index (χ4v) is 20.3. The Hall–Kier alpha value is -4.88. The number of fused-ring (bicyclic) bond motifs is 8. The first kappa shape index (κ1) is 77.2. The number of rotatable bonds is 21. The van der Waals surface area contributed by atoms with Gasteiger partial charge in [-0.1, -0.05) is 108 Å². The second-order valence-corrected chi connectivity index (χ2v) is 33.4. The number of β-amino-alcohol motifs (C(OH)–C–C–N with tert-alkyl or cyclic N) is 2. The van der Waals surface area contributed by atoms with Crippen molar-refractivity contribution in [2.45, 2.75) is 104 Å². The molecule has 4 aromatic carbocycles. The number of carbonyl (C=O) groups excluding carboxylic acids is 1. The highest BCUT2D eigenvalue weighted by molar-refractivity contribution is 8.01. The van der Waals surface area contributed by atoms with Gasteiger partial charge in [-0.3, -0.25) is 14.6 Å². The van der Waals surface area contributed by atoms with E-state index in [2.05, 4.69) is 193 Å². The fourth-order valence-electron chi connectivity index (χ4n) is 14.7. The summed E-state index contributed by atoms with van der Waals surface area (Å²) in [4.78, 5) is 40.7. The van der Waals surface area contributed by atoms with Gasteiger partial charge >= 0.3 is 6.18 Å². The van der Waals surface area contributed by atoms with Gasteiger partial charge in [0.05, 0.1) is 86.7 Å². The van der Waals surface area contributed by atoms with Gasteiger partial charge in [-0.25, -0.2) is 0 Å². The summed E-state index contributed by atoms with van der Waals surface area (Å²) in [5.74, 6) is 0.150. The third kappa shape index (κ3) is 20.8. The molecule has 10 aliphatic rings. The fraction of sp³-hybridized carbons (Fsp3) is 0.481. The number of aliphatic hydroxyl groups excluding tert-OH is 2. The molecule has 8 unspecified atom stereocenters. The molecule has 2 N–H and O–H groups in total. The Bertz CT molecular complexity index is 3650.